The van der Waals surface area contributed by atoms with Crippen LogP contribution in [0.3, 0.4) is 0 Å². The van der Waals surface area contributed by atoms with E-state index < -0.39 is 57.4 Å². The number of allylic oxidation sites excluding steroid dienone is 1. The average Bonchev–Trinajstić information content (AvgIpc) is 3.45. The van der Waals surface area contributed by atoms with E-state index in [1.807, 2.05) is 0 Å². The first kappa shape index (κ1) is 54.4. The lowest BCUT2D eigenvalue weighted by atomic mass is 9.89. The number of aliphatic hydroxyl groups is 3. The minimum atomic E-state index is -4.85. The molecule has 0 saturated heterocycles. The Kier molecular flexibility index (Phi) is 32.9. The second-order valence-corrected chi connectivity index (χ2v) is 18.2. The number of carbonyl (C=O) groups is 2. The Morgan fingerprint density at radius 1 is 0.707 bits per heavy atom. The maximum Gasteiger partial charge on any atom is 0.469 e. The fourth-order valence-electron chi connectivity index (χ4n) is 7.68. The largest absolute Gasteiger partial charge is 0.469 e. The van der Waals surface area contributed by atoms with Crippen molar-refractivity contribution in [3.05, 3.63) is 24.3 Å². The van der Waals surface area contributed by atoms with E-state index in [9.17, 15) is 29.5 Å². The SMILES string of the molecule is CCCCC[C@@H](O)/C=C/[C@@H]1[C@H](C/C=C\CC(=O)O[C@H](COC(=O)CCCCCCCCCCCCCCCCCCCCC(C)CC)COP(=O)(O)O)[C@@H](O)C[C@H]1O. The summed E-state index contributed by atoms with van der Waals surface area (Å²) in [6.45, 7) is 5.71. The molecule has 340 valence electrons. The number of hydrogen-bond donors (Lipinski definition) is 5. The number of unbranched alkanes of at least 4 members (excludes halogenated alkanes) is 19. The maximum absolute atomic E-state index is 12.6. The van der Waals surface area contributed by atoms with E-state index in [0.717, 1.165) is 44.4 Å². The molecule has 1 saturated carbocycles. The van der Waals surface area contributed by atoms with Crippen LogP contribution in [0, 0.1) is 17.8 Å². The number of aliphatic hydroxyl groups excluding tert-OH is 3. The van der Waals surface area contributed by atoms with Gasteiger partial charge in [0.2, 0.25) is 0 Å². The van der Waals surface area contributed by atoms with Crippen LogP contribution in [0.5, 0.6) is 0 Å². The van der Waals surface area contributed by atoms with Gasteiger partial charge in [-0.25, -0.2) is 4.57 Å². The first-order chi connectivity index (χ1) is 27.9. The third-order valence-electron chi connectivity index (χ3n) is 11.6. The van der Waals surface area contributed by atoms with E-state index in [4.69, 9.17) is 19.3 Å². The number of carbonyl (C=O) groups excluding carboxylic acids is 2. The lowest BCUT2D eigenvalue weighted by molar-refractivity contribution is -0.160. The molecule has 1 unspecified atom stereocenters. The molecular weight excluding hydrogens is 759 g/mol. The molecule has 0 aromatic heterocycles. The molecule has 1 aliphatic rings. The van der Waals surface area contributed by atoms with Gasteiger partial charge >= 0.3 is 19.8 Å². The molecule has 1 aliphatic carbocycles. The minimum absolute atomic E-state index is 0.165. The molecule has 1 rings (SSSR count). The summed E-state index contributed by atoms with van der Waals surface area (Å²) in [4.78, 5) is 43.2. The van der Waals surface area contributed by atoms with Gasteiger partial charge in [0, 0.05) is 18.8 Å². The van der Waals surface area contributed by atoms with Crippen molar-refractivity contribution in [3.63, 3.8) is 0 Å². The monoisotopic (exact) mass is 845 g/mol. The summed E-state index contributed by atoms with van der Waals surface area (Å²) < 4.78 is 26.4. The van der Waals surface area contributed by atoms with E-state index in [-0.39, 0.29) is 31.1 Å². The van der Waals surface area contributed by atoms with E-state index in [1.54, 1.807) is 24.3 Å². The third kappa shape index (κ3) is 30.4. The normalized spacial score (nSPS) is 20.2. The maximum atomic E-state index is 12.6. The number of esters is 2. The summed E-state index contributed by atoms with van der Waals surface area (Å²) in [5.74, 6) is -0.920. The molecule has 7 atom stereocenters. The van der Waals surface area contributed by atoms with Gasteiger partial charge in [-0.2, -0.15) is 0 Å². The molecule has 1 fully saturated rings. The quantitative estimate of drug-likeness (QED) is 0.0173. The summed E-state index contributed by atoms with van der Waals surface area (Å²) in [6, 6.07) is 0. The van der Waals surface area contributed by atoms with Crippen molar-refractivity contribution in [2.24, 2.45) is 17.8 Å². The Bertz CT molecular complexity index is 1120. The van der Waals surface area contributed by atoms with Gasteiger partial charge in [-0.3, -0.25) is 14.1 Å². The van der Waals surface area contributed by atoms with Gasteiger partial charge in [0.15, 0.2) is 6.10 Å². The third-order valence-corrected chi connectivity index (χ3v) is 12.1. The van der Waals surface area contributed by atoms with Gasteiger partial charge in [-0.05, 0) is 31.1 Å². The van der Waals surface area contributed by atoms with Gasteiger partial charge in [0.1, 0.15) is 6.61 Å². The highest BCUT2D eigenvalue weighted by atomic mass is 31.2. The Hall–Kier alpha value is -1.59. The molecule has 11 nitrogen and oxygen atoms in total. The Morgan fingerprint density at radius 2 is 1.24 bits per heavy atom. The number of ether oxygens (including phenoxy) is 2. The highest BCUT2D eigenvalue weighted by Crippen LogP contribution is 2.37. The second kappa shape index (κ2) is 35.1. The van der Waals surface area contributed by atoms with E-state index in [1.165, 1.54) is 103 Å². The number of rotatable bonds is 38. The zero-order chi connectivity index (χ0) is 42.9. The fraction of sp³-hybridized carbons (Fsp3) is 0.870. The van der Waals surface area contributed by atoms with Crippen LogP contribution in [0.15, 0.2) is 24.3 Å². The highest BCUT2D eigenvalue weighted by molar-refractivity contribution is 7.46. The van der Waals surface area contributed by atoms with Crippen molar-refractivity contribution in [3.8, 4) is 0 Å². The van der Waals surface area contributed by atoms with Crippen LogP contribution < -0.4 is 0 Å². The molecule has 58 heavy (non-hydrogen) atoms. The van der Waals surface area contributed by atoms with E-state index >= 15 is 0 Å². The summed E-state index contributed by atoms with van der Waals surface area (Å²) in [5, 5.41) is 31.2. The smallest absolute Gasteiger partial charge is 0.462 e. The van der Waals surface area contributed by atoms with E-state index in [0.29, 0.717) is 19.3 Å². The predicted octanol–water partition coefficient (Wildman–Crippen LogP) is 10.6. The lowest BCUT2D eigenvalue weighted by Crippen LogP contribution is -2.29. The molecule has 0 bridgehead atoms. The molecule has 5 N–H and O–H groups in total. The summed E-state index contributed by atoms with van der Waals surface area (Å²) >= 11 is 0. The van der Waals surface area contributed by atoms with Crippen LogP contribution in [0.25, 0.3) is 0 Å². The molecule has 0 radical (unpaired) electrons. The van der Waals surface area contributed by atoms with Crippen molar-refractivity contribution in [1.82, 2.24) is 0 Å². The fourth-order valence-corrected chi connectivity index (χ4v) is 8.04. The van der Waals surface area contributed by atoms with Crippen molar-refractivity contribution in [2.75, 3.05) is 13.2 Å². The average molecular weight is 845 g/mol. The van der Waals surface area contributed by atoms with Crippen molar-refractivity contribution in [1.29, 1.82) is 0 Å². The summed E-state index contributed by atoms with van der Waals surface area (Å²) in [6.07, 6.45) is 33.1. The summed E-state index contributed by atoms with van der Waals surface area (Å²) in [7, 11) is -4.85. The number of phosphoric ester groups is 1. The molecule has 0 aliphatic heterocycles. The van der Waals surface area contributed by atoms with Gasteiger partial charge in [0.25, 0.3) is 0 Å². The number of phosphoric acid groups is 1. The van der Waals surface area contributed by atoms with Crippen LogP contribution in [0.1, 0.15) is 201 Å². The van der Waals surface area contributed by atoms with Crippen LogP contribution in [-0.4, -0.2) is 74.7 Å². The van der Waals surface area contributed by atoms with Crippen molar-refractivity contribution in [2.45, 2.75) is 225 Å². The zero-order valence-electron chi connectivity index (χ0n) is 36.7. The minimum Gasteiger partial charge on any atom is -0.462 e. The molecule has 0 aromatic rings. The predicted molar refractivity (Wildman–Crippen MR) is 232 cm³/mol. The zero-order valence-corrected chi connectivity index (χ0v) is 37.6. The lowest BCUT2D eigenvalue weighted by Gasteiger charge is -2.20. The first-order valence-corrected chi connectivity index (χ1v) is 24.8. The first-order valence-electron chi connectivity index (χ1n) is 23.3. The van der Waals surface area contributed by atoms with Crippen LogP contribution in [0.2, 0.25) is 0 Å². The molecule has 0 amide bonds. The van der Waals surface area contributed by atoms with E-state index in [2.05, 4.69) is 25.3 Å². The van der Waals surface area contributed by atoms with Gasteiger partial charge in [-0.1, -0.05) is 186 Å². The van der Waals surface area contributed by atoms with Crippen molar-refractivity contribution < 1.29 is 53.3 Å². The summed E-state index contributed by atoms with van der Waals surface area (Å²) in [5.41, 5.74) is 0. The van der Waals surface area contributed by atoms with Gasteiger partial charge in [-0.15, -0.1) is 0 Å². The van der Waals surface area contributed by atoms with Crippen LogP contribution >= 0.6 is 7.82 Å². The van der Waals surface area contributed by atoms with Crippen LogP contribution in [0.4, 0.5) is 0 Å². The topological polar surface area (TPSA) is 180 Å². The molecule has 0 spiro atoms. The second-order valence-electron chi connectivity index (χ2n) is 17.0. The molecular formula is C46H85O11P. The molecule has 0 heterocycles. The van der Waals surface area contributed by atoms with Gasteiger partial charge < -0.3 is 34.6 Å². The van der Waals surface area contributed by atoms with Crippen molar-refractivity contribution >= 4 is 19.8 Å². The highest BCUT2D eigenvalue weighted by Gasteiger charge is 2.39. The Labute approximate surface area is 352 Å². The Morgan fingerprint density at radius 3 is 1.78 bits per heavy atom. The van der Waals surface area contributed by atoms with Gasteiger partial charge in [0.05, 0.1) is 31.3 Å². The number of hydrogen-bond acceptors (Lipinski definition) is 9. The Balaban J connectivity index is 2.21. The van der Waals surface area contributed by atoms with Crippen LogP contribution in [-0.2, 0) is 28.2 Å². The molecule has 12 heteroatoms. The molecule has 0 aromatic carbocycles. The standard InChI is InChI=1S/C46H85O11P/c1-4-6-23-29-39(47)33-34-42-41(43(48)35-44(42)49)30-26-27-32-46(51)57-40(37-56-58(52,53)54)36-55-45(50)31-25-22-20-18-16-14-12-10-8-7-9-11-13-15-17-19-21-24-28-38(3)5-2/h26-27,33-34,38-44,47-49H,4-25,28-32,35-37H2,1-3H3,(H2,52,53,54)/b27-26-,34-33+/t38?,39-,40-,41+,42-,43+,44-/m1/s1.